The molecule has 0 bridgehead atoms. The number of rotatable bonds is 2. The standard InChI is InChI=1S/C23H24FN3O3/c1-2-29-22(28)26-13-11-23(12-14-26)27-20(18-5-3-4-6-21(18)30-23)15-19(25-27)16-7-9-17(24)10-8-16/h3-10,15,20,25H,2,11-14H2,1H3/t20-/m1/s1. The van der Waals surface area contributed by atoms with Crippen molar-refractivity contribution in [2.45, 2.75) is 31.5 Å². The van der Waals surface area contributed by atoms with Crippen LogP contribution in [0.2, 0.25) is 0 Å². The Kier molecular flexibility index (Phi) is 4.62. The zero-order valence-electron chi connectivity index (χ0n) is 16.8. The largest absolute Gasteiger partial charge is 0.470 e. The van der Waals surface area contributed by atoms with Gasteiger partial charge in [-0.2, -0.15) is 5.01 Å². The number of carbonyl (C=O) groups is 1. The van der Waals surface area contributed by atoms with Gasteiger partial charge in [-0.1, -0.05) is 18.2 Å². The lowest BCUT2D eigenvalue weighted by Crippen LogP contribution is -2.64. The summed E-state index contributed by atoms with van der Waals surface area (Å²) in [6, 6.07) is 14.5. The molecule has 3 aliphatic rings. The van der Waals surface area contributed by atoms with Gasteiger partial charge in [0.15, 0.2) is 5.72 Å². The van der Waals surface area contributed by atoms with Crippen molar-refractivity contribution in [1.82, 2.24) is 15.3 Å². The van der Waals surface area contributed by atoms with Crippen LogP contribution in [-0.2, 0) is 4.74 Å². The normalized spacial score (nSPS) is 21.9. The van der Waals surface area contributed by atoms with Crippen LogP contribution in [0, 0.1) is 5.82 Å². The van der Waals surface area contributed by atoms with Crippen LogP contribution in [0.15, 0.2) is 54.6 Å². The molecule has 1 atom stereocenters. The van der Waals surface area contributed by atoms with Crippen molar-refractivity contribution in [3.05, 3.63) is 71.6 Å². The Morgan fingerprint density at radius 3 is 2.67 bits per heavy atom. The van der Waals surface area contributed by atoms with Crippen molar-refractivity contribution in [2.75, 3.05) is 19.7 Å². The Bertz CT molecular complexity index is 983. The number of fused-ring (bicyclic) bond motifs is 4. The van der Waals surface area contributed by atoms with Gasteiger partial charge in [0, 0.05) is 31.5 Å². The van der Waals surface area contributed by atoms with Crippen molar-refractivity contribution in [3.8, 4) is 5.75 Å². The second kappa shape index (κ2) is 7.32. The molecular weight excluding hydrogens is 385 g/mol. The number of ether oxygens (including phenoxy) is 2. The summed E-state index contributed by atoms with van der Waals surface area (Å²) >= 11 is 0. The van der Waals surface area contributed by atoms with Crippen molar-refractivity contribution < 1.29 is 18.7 Å². The summed E-state index contributed by atoms with van der Waals surface area (Å²) in [4.78, 5) is 13.9. The van der Waals surface area contributed by atoms with Gasteiger partial charge in [-0.25, -0.2) is 9.18 Å². The third kappa shape index (κ3) is 3.10. The fourth-order valence-corrected chi connectivity index (χ4v) is 4.51. The second-order valence-electron chi connectivity index (χ2n) is 7.79. The highest BCUT2D eigenvalue weighted by Gasteiger charge is 2.52. The first-order chi connectivity index (χ1) is 14.6. The van der Waals surface area contributed by atoms with Crippen molar-refractivity contribution in [3.63, 3.8) is 0 Å². The summed E-state index contributed by atoms with van der Waals surface area (Å²) in [5.41, 5.74) is 5.85. The molecule has 3 heterocycles. The quantitative estimate of drug-likeness (QED) is 0.811. The number of benzene rings is 2. The molecule has 30 heavy (non-hydrogen) atoms. The molecule has 0 unspecified atom stereocenters. The van der Waals surface area contributed by atoms with E-state index in [0.717, 1.165) is 22.6 Å². The van der Waals surface area contributed by atoms with Crippen LogP contribution in [0.1, 0.15) is 36.9 Å². The SMILES string of the molecule is CCOC(=O)N1CCC2(CC1)Oc1ccccc1[C@H]1C=C(c3ccc(F)cc3)NN12. The summed E-state index contributed by atoms with van der Waals surface area (Å²) in [7, 11) is 0. The van der Waals surface area contributed by atoms with Gasteiger partial charge in [-0.3, -0.25) is 0 Å². The fourth-order valence-electron chi connectivity index (χ4n) is 4.51. The minimum Gasteiger partial charge on any atom is -0.470 e. The first-order valence-electron chi connectivity index (χ1n) is 10.3. The minimum absolute atomic E-state index is 0.0100. The van der Waals surface area contributed by atoms with Gasteiger partial charge in [-0.15, -0.1) is 0 Å². The molecule has 5 rings (SSSR count). The molecule has 0 saturated carbocycles. The zero-order valence-corrected chi connectivity index (χ0v) is 16.8. The first-order valence-corrected chi connectivity index (χ1v) is 10.3. The van der Waals surface area contributed by atoms with Gasteiger partial charge in [0.2, 0.25) is 0 Å². The molecule has 2 aromatic carbocycles. The van der Waals surface area contributed by atoms with E-state index >= 15 is 0 Å². The van der Waals surface area contributed by atoms with Crippen molar-refractivity contribution >= 4 is 11.8 Å². The van der Waals surface area contributed by atoms with E-state index in [0.29, 0.717) is 32.5 Å². The number of hydrogen-bond acceptors (Lipinski definition) is 5. The highest BCUT2D eigenvalue weighted by molar-refractivity contribution is 5.68. The number of hydrogen-bond donors (Lipinski definition) is 1. The zero-order chi connectivity index (χ0) is 20.7. The molecule has 0 radical (unpaired) electrons. The Morgan fingerprint density at radius 1 is 1.20 bits per heavy atom. The average Bonchev–Trinajstić information content (AvgIpc) is 3.22. The number of likely N-dealkylation sites (tertiary alicyclic amines) is 1. The predicted molar refractivity (Wildman–Crippen MR) is 110 cm³/mol. The molecule has 1 amide bonds. The smallest absolute Gasteiger partial charge is 0.409 e. The number of piperidine rings is 1. The molecule has 6 nitrogen and oxygen atoms in total. The maximum Gasteiger partial charge on any atom is 0.409 e. The van der Waals surface area contributed by atoms with Crippen LogP contribution >= 0.6 is 0 Å². The van der Waals surface area contributed by atoms with Gasteiger partial charge >= 0.3 is 6.09 Å². The molecule has 1 N–H and O–H groups in total. The van der Waals surface area contributed by atoms with Gasteiger partial charge in [0.25, 0.3) is 0 Å². The van der Waals surface area contributed by atoms with E-state index in [1.807, 2.05) is 25.1 Å². The lowest BCUT2D eigenvalue weighted by atomic mass is 9.93. The third-order valence-corrected chi connectivity index (χ3v) is 6.05. The number of halogens is 1. The minimum atomic E-state index is -0.583. The van der Waals surface area contributed by atoms with Crippen LogP contribution < -0.4 is 10.2 Å². The van der Waals surface area contributed by atoms with Crippen LogP contribution in [0.4, 0.5) is 9.18 Å². The predicted octanol–water partition coefficient (Wildman–Crippen LogP) is 4.07. The average molecular weight is 409 g/mol. The van der Waals surface area contributed by atoms with Gasteiger partial charge in [-0.05, 0) is 48.9 Å². The molecule has 1 saturated heterocycles. The van der Waals surface area contributed by atoms with Gasteiger partial charge in [0.05, 0.1) is 18.3 Å². The molecule has 2 aromatic rings. The van der Waals surface area contributed by atoms with Gasteiger partial charge < -0.3 is 19.8 Å². The third-order valence-electron chi connectivity index (χ3n) is 6.05. The van der Waals surface area contributed by atoms with E-state index in [-0.39, 0.29) is 18.0 Å². The fraction of sp³-hybridized carbons (Fsp3) is 0.348. The number of carbonyl (C=O) groups excluding carboxylic acids is 1. The van der Waals surface area contributed by atoms with Crippen LogP contribution in [0.25, 0.3) is 5.70 Å². The van der Waals surface area contributed by atoms with Crippen LogP contribution in [0.3, 0.4) is 0 Å². The van der Waals surface area contributed by atoms with Crippen LogP contribution in [-0.4, -0.2) is 41.4 Å². The Morgan fingerprint density at radius 2 is 1.93 bits per heavy atom. The monoisotopic (exact) mass is 409 g/mol. The van der Waals surface area contributed by atoms with Crippen molar-refractivity contribution in [1.29, 1.82) is 0 Å². The summed E-state index contributed by atoms with van der Waals surface area (Å²) < 4.78 is 25.1. The summed E-state index contributed by atoms with van der Waals surface area (Å²) in [5, 5.41) is 2.15. The molecule has 0 aromatic heterocycles. The van der Waals surface area contributed by atoms with E-state index in [2.05, 4.69) is 22.6 Å². The summed E-state index contributed by atoms with van der Waals surface area (Å²) in [6.07, 6.45) is 3.18. The van der Waals surface area contributed by atoms with E-state index in [1.54, 1.807) is 17.0 Å². The number of para-hydroxylation sites is 1. The highest BCUT2D eigenvalue weighted by Crippen LogP contribution is 2.48. The molecular formula is C23H24FN3O3. The highest BCUT2D eigenvalue weighted by atomic mass is 19.1. The maximum atomic E-state index is 13.4. The number of amides is 1. The van der Waals surface area contributed by atoms with E-state index in [1.165, 1.54) is 12.1 Å². The summed E-state index contributed by atoms with van der Waals surface area (Å²) in [6.45, 7) is 3.28. The van der Waals surface area contributed by atoms with E-state index in [4.69, 9.17) is 9.47 Å². The molecule has 156 valence electrons. The molecule has 0 aliphatic carbocycles. The Balaban J connectivity index is 1.46. The first kappa shape index (κ1) is 18.9. The topological polar surface area (TPSA) is 54.0 Å². The van der Waals surface area contributed by atoms with Crippen molar-refractivity contribution in [2.24, 2.45) is 0 Å². The number of hydrazine groups is 1. The Labute approximate surface area is 174 Å². The second-order valence-corrected chi connectivity index (χ2v) is 7.79. The van der Waals surface area contributed by atoms with Crippen LogP contribution in [0.5, 0.6) is 5.75 Å². The Hall–Kier alpha value is -3.06. The lowest BCUT2D eigenvalue weighted by Gasteiger charge is -2.51. The molecule has 7 heteroatoms. The van der Waals surface area contributed by atoms with E-state index < -0.39 is 5.72 Å². The number of nitrogens with zero attached hydrogens (tertiary/aromatic N) is 2. The van der Waals surface area contributed by atoms with E-state index in [9.17, 15) is 9.18 Å². The van der Waals surface area contributed by atoms with Gasteiger partial charge in [0.1, 0.15) is 11.6 Å². The lowest BCUT2D eigenvalue weighted by molar-refractivity contribution is -0.157. The molecule has 1 fully saturated rings. The molecule has 1 spiro atoms. The summed E-state index contributed by atoms with van der Waals surface area (Å²) in [5.74, 6) is 0.605. The number of nitrogens with one attached hydrogen (secondary N) is 1. The maximum absolute atomic E-state index is 13.4. The molecule has 3 aliphatic heterocycles.